The molecule has 0 bridgehead atoms. The minimum absolute atomic E-state index is 0.100. The van der Waals surface area contributed by atoms with Crippen LogP contribution in [0.4, 0.5) is 18.9 Å². The van der Waals surface area contributed by atoms with Gasteiger partial charge in [0.1, 0.15) is 11.6 Å². The molecule has 2 rings (SSSR count). The number of carbonyl (C=O) groups is 2. The zero-order valence-corrected chi connectivity index (χ0v) is 15.5. The van der Waals surface area contributed by atoms with Crippen LogP contribution in [0.1, 0.15) is 28.9 Å². The quantitative estimate of drug-likeness (QED) is 0.564. The summed E-state index contributed by atoms with van der Waals surface area (Å²) >= 11 is 0. The van der Waals surface area contributed by atoms with Crippen molar-refractivity contribution in [3.63, 3.8) is 0 Å². The molecule has 1 heterocycles. The van der Waals surface area contributed by atoms with Gasteiger partial charge in [-0.25, -0.2) is 0 Å². The third-order valence-electron chi connectivity index (χ3n) is 4.11. The van der Waals surface area contributed by atoms with Gasteiger partial charge in [-0.15, -0.1) is 0 Å². The van der Waals surface area contributed by atoms with Crippen LogP contribution in [0.15, 0.2) is 29.8 Å². The summed E-state index contributed by atoms with van der Waals surface area (Å²) in [6.45, 7) is 3.35. The standard InChI is InChI=1S/C19H17F3N4O3/c1-11-14(12(2)26(25-11)8-7-17(27)28)9-13(10-23)18(29)24-16-6-4-3-5-15(16)19(20,21)22/h3-6,9H,7-8H2,1-2H3,(H,24,29)(H,27,28). The van der Waals surface area contributed by atoms with Gasteiger partial charge in [-0.3, -0.25) is 14.3 Å². The van der Waals surface area contributed by atoms with Crippen LogP contribution in [0.2, 0.25) is 0 Å². The summed E-state index contributed by atoms with van der Waals surface area (Å²) in [5, 5.41) is 24.4. The number of nitriles is 1. The largest absolute Gasteiger partial charge is 0.481 e. The van der Waals surface area contributed by atoms with Crippen molar-refractivity contribution in [1.29, 1.82) is 5.26 Å². The lowest BCUT2D eigenvalue weighted by Gasteiger charge is -2.13. The second kappa shape index (κ2) is 8.60. The molecule has 0 saturated heterocycles. The maximum atomic E-state index is 13.1. The predicted octanol–water partition coefficient (Wildman–Crippen LogP) is 3.54. The van der Waals surface area contributed by atoms with Crippen molar-refractivity contribution in [3.05, 3.63) is 52.4 Å². The number of hydrogen-bond acceptors (Lipinski definition) is 4. The molecule has 152 valence electrons. The summed E-state index contributed by atoms with van der Waals surface area (Å²) in [5.74, 6) is -2.00. The Bertz CT molecular complexity index is 1020. The van der Waals surface area contributed by atoms with Crippen LogP contribution >= 0.6 is 0 Å². The van der Waals surface area contributed by atoms with Gasteiger partial charge < -0.3 is 10.4 Å². The Morgan fingerprint density at radius 2 is 1.97 bits per heavy atom. The molecule has 1 amide bonds. The summed E-state index contributed by atoms with van der Waals surface area (Å²) < 4.78 is 40.7. The molecule has 0 saturated carbocycles. The molecule has 0 atom stereocenters. The Morgan fingerprint density at radius 3 is 2.55 bits per heavy atom. The number of carboxylic acid groups (broad SMARTS) is 1. The van der Waals surface area contributed by atoms with Gasteiger partial charge in [-0.1, -0.05) is 12.1 Å². The molecule has 0 aliphatic rings. The molecule has 10 heteroatoms. The Labute approximate surface area is 164 Å². The Hall–Kier alpha value is -3.61. The molecule has 0 unspecified atom stereocenters. The zero-order valence-electron chi connectivity index (χ0n) is 15.5. The van der Waals surface area contributed by atoms with E-state index < -0.39 is 34.9 Å². The van der Waals surface area contributed by atoms with Gasteiger partial charge in [-0.05, 0) is 32.1 Å². The van der Waals surface area contributed by atoms with Crippen molar-refractivity contribution in [2.24, 2.45) is 0 Å². The van der Waals surface area contributed by atoms with Crippen molar-refractivity contribution in [2.75, 3.05) is 5.32 Å². The van der Waals surface area contributed by atoms with Crippen molar-refractivity contribution in [2.45, 2.75) is 33.0 Å². The number of aromatic nitrogens is 2. The van der Waals surface area contributed by atoms with Gasteiger partial charge >= 0.3 is 12.1 Å². The molecule has 0 aliphatic carbocycles. The molecular weight excluding hydrogens is 389 g/mol. The molecular formula is C19H17F3N4O3. The van der Waals surface area contributed by atoms with E-state index in [0.29, 0.717) is 17.0 Å². The van der Waals surface area contributed by atoms with E-state index in [4.69, 9.17) is 5.11 Å². The highest BCUT2D eigenvalue weighted by molar-refractivity contribution is 6.10. The number of alkyl halides is 3. The van der Waals surface area contributed by atoms with E-state index in [1.807, 2.05) is 0 Å². The number of amides is 1. The highest BCUT2D eigenvalue weighted by atomic mass is 19.4. The third-order valence-corrected chi connectivity index (χ3v) is 4.11. The highest BCUT2D eigenvalue weighted by Gasteiger charge is 2.33. The molecule has 0 radical (unpaired) electrons. The number of nitrogens with one attached hydrogen (secondary N) is 1. The van der Waals surface area contributed by atoms with Crippen molar-refractivity contribution >= 4 is 23.6 Å². The number of halogens is 3. The number of para-hydroxylation sites is 1. The van der Waals surface area contributed by atoms with Gasteiger partial charge in [0.05, 0.1) is 29.9 Å². The average Bonchev–Trinajstić information content (AvgIpc) is 2.90. The van der Waals surface area contributed by atoms with E-state index in [1.54, 1.807) is 19.9 Å². The van der Waals surface area contributed by atoms with E-state index in [2.05, 4.69) is 10.4 Å². The number of rotatable bonds is 6. The lowest BCUT2D eigenvalue weighted by molar-refractivity contribution is -0.138. The van der Waals surface area contributed by atoms with Crippen LogP contribution < -0.4 is 5.32 Å². The first-order valence-corrected chi connectivity index (χ1v) is 8.39. The van der Waals surface area contributed by atoms with Crippen LogP contribution in [0.25, 0.3) is 6.08 Å². The molecule has 7 nitrogen and oxygen atoms in total. The van der Waals surface area contributed by atoms with Crippen molar-refractivity contribution in [1.82, 2.24) is 9.78 Å². The van der Waals surface area contributed by atoms with Gasteiger partial charge in [0, 0.05) is 11.3 Å². The summed E-state index contributed by atoms with van der Waals surface area (Å²) in [6.07, 6.45) is -3.61. The molecule has 0 aliphatic heterocycles. The normalized spacial score (nSPS) is 11.8. The molecule has 1 aromatic heterocycles. The number of nitrogens with zero attached hydrogens (tertiary/aromatic N) is 3. The summed E-state index contributed by atoms with van der Waals surface area (Å²) in [7, 11) is 0. The SMILES string of the molecule is Cc1nn(CCC(=O)O)c(C)c1C=C(C#N)C(=O)Nc1ccccc1C(F)(F)F. The first-order valence-electron chi connectivity index (χ1n) is 8.39. The van der Waals surface area contributed by atoms with E-state index in [9.17, 15) is 28.0 Å². The topological polar surface area (TPSA) is 108 Å². The fraction of sp³-hybridized carbons (Fsp3) is 0.263. The molecule has 29 heavy (non-hydrogen) atoms. The first kappa shape index (κ1) is 21.7. The average molecular weight is 406 g/mol. The molecule has 2 aromatic rings. The lowest BCUT2D eigenvalue weighted by atomic mass is 10.1. The minimum atomic E-state index is -4.67. The van der Waals surface area contributed by atoms with Crippen LogP contribution in [0.3, 0.4) is 0 Å². The summed E-state index contributed by atoms with van der Waals surface area (Å²) in [6, 6.07) is 6.13. The predicted molar refractivity (Wildman–Crippen MR) is 97.6 cm³/mol. The van der Waals surface area contributed by atoms with Gasteiger partial charge in [-0.2, -0.15) is 23.5 Å². The molecule has 0 spiro atoms. The number of carboxylic acids is 1. The van der Waals surface area contributed by atoms with Gasteiger partial charge in [0.2, 0.25) is 0 Å². The number of hydrogen-bond donors (Lipinski definition) is 2. The summed E-state index contributed by atoms with van der Waals surface area (Å²) in [4.78, 5) is 23.1. The number of anilines is 1. The van der Waals surface area contributed by atoms with Crippen LogP contribution in [0, 0.1) is 25.2 Å². The number of aryl methyl sites for hydroxylation is 2. The Morgan fingerprint density at radius 1 is 1.31 bits per heavy atom. The monoisotopic (exact) mass is 406 g/mol. The van der Waals surface area contributed by atoms with Crippen LogP contribution in [0.5, 0.6) is 0 Å². The lowest BCUT2D eigenvalue weighted by Crippen LogP contribution is -2.17. The molecule has 0 fully saturated rings. The maximum absolute atomic E-state index is 13.1. The minimum Gasteiger partial charge on any atom is -0.481 e. The second-order valence-electron chi connectivity index (χ2n) is 6.12. The number of aliphatic carboxylic acids is 1. The third kappa shape index (κ3) is 5.22. The fourth-order valence-electron chi connectivity index (χ4n) is 2.66. The Kier molecular flexibility index (Phi) is 6.43. The van der Waals surface area contributed by atoms with Gasteiger partial charge in [0.25, 0.3) is 5.91 Å². The second-order valence-corrected chi connectivity index (χ2v) is 6.12. The molecule has 2 N–H and O–H groups in total. The first-order chi connectivity index (χ1) is 13.5. The molecule has 1 aromatic carbocycles. The van der Waals surface area contributed by atoms with E-state index >= 15 is 0 Å². The van der Waals surface area contributed by atoms with Crippen molar-refractivity contribution in [3.8, 4) is 6.07 Å². The van der Waals surface area contributed by atoms with E-state index in [0.717, 1.165) is 12.1 Å². The fourth-order valence-corrected chi connectivity index (χ4v) is 2.66. The number of carbonyl (C=O) groups excluding carboxylic acids is 1. The van der Waals surface area contributed by atoms with E-state index in [1.165, 1.54) is 22.9 Å². The Balaban J connectivity index is 2.33. The maximum Gasteiger partial charge on any atom is 0.418 e. The van der Waals surface area contributed by atoms with Crippen molar-refractivity contribution < 1.29 is 27.9 Å². The van der Waals surface area contributed by atoms with Crippen LogP contribution in [-0.2, 0) is 22.3 Å². The van der Waals surface area contributed by atoms with Gasteiger partial charge in [0.15, 0.2) is 0 Å². The van der Waals surface area contributed by atoms with Crippen LogP contribution in [-0.4, -0.2) is 26.8 Å². The summed E-state index contributed by atoms with van der Waals surface area (Å²) in [5.41, 5.74) is -0.502. The number of benzene rings is 1. The smallest absolute Gasteiger partial charge is 0.418 e. The zero-order chi connectivity index (χ0) is 21.8. The van der Waals surface area contributed by atoms with E-state index in [-0.39, 0.29) is 13.0 Å². The highest BCUT2D eigenvalue weighted by Crippen LogP contribution is 2.34.